The maximum absolute atomic E-state index is 12.2. The number of hydrogen-bond donors (Lipinski definition) is 3. The van der Waals surface area contributed by atoms with Crippen LogP contribution in [0.4, 0.5) is 5.69 Å². The highest BCUT2D eigenvalue weighted by Gasteiger charge is 2.40. The van der Waals surface area contributed by atoms with Crippen LogP contribution in [0.3, 0.4) is 0 Å². The number of aliphatic carboxylic acids is 1. The monoisotopic (exact) mass is 342 g/mol. The molecule has 1 heterocycles. The number of carbonyl (C=O) groups is 3. The van der Waals surface area contributed by atoms with Crippen LogP contribution in [0.5, 0.6) is 0 Å². The molecule has 1 aromatic carbocycles. The van der Waals surface area contributed by atoms with E-state index in [0.717, 1.165) is 0 Å². The van der Waals surface area contributed by atoms with E-state index in [0.29, 0.717) is 10.7 Å². The topological polar surface area (TPSA) is 114 Å². The summed E-state index contributed by atoms with van der Waals surface area (Å²) in [6, 6.07) is 6.63. The molecule has 23 heavy (non-hydrogen) atoms. The molecule has 0 aliphatic carbocycles. The molecule has 0 saturated carbocycles. The van der Waals surface area contributed by atoms with Gasteiger partial charge in [0, 0.05) is 6.54 Å². The first kappa shape index (κ1) is 17.2. The summed E-state index contributed by atoms with van der Waals surface area (Å²) in [7, 11) is 0. The van der Waals surface area contributed by atoms with Crippen LogP contribution in [-0.4, -0.2) is 48.4 Å². The van der Waals surface area contributed by atoms with E-state index >= 15 is 0 Å². The van der Waals surface area contributed by atoms with E-state index < -0.39 is 30.0 Å². The number of hydrogen-bond acceptors (Lipinski definition) is 5. The molecule has 124 valence electrons. The first-order valence-electron chi connectivity index (χ1n) is 6.77. The molecule has 2 rings (SSSR count). The second-order valence-electron chi connectivity index (χ2n) is 4.70. The van der Waals surface area contributed by atoms with Crippen molar-refractivity contribution in [2.75, 3.05) is 18.7 Å². The average Bonchev–Trinajstić information content (AvgIpc) is 2.98. The SMILES string of the molecule is O=C(O)CCNC(=O)C1OCOC1C(=O)Nc1ccccc1Cl. The van der Waals surface area contributed by atoms with E-state index in [2.05, 4.69) is 10.6 Å². The number of nitrogens with one attached hydrogen (secondary N) is 2. The number of para-hydroxylation sites is 1. The molecule has 3 N–H and O–H groups in total. The van der Waals surface area contributed by atoms with Crippen LogP contribution in [-0.2, 0) is 23.9 Å². The Morgan fingerprint density at radius 3 is 2.48 bits per heavy atom. The van der Waals surface area contributed by atoms with Gasteiger partial charge in [-0.15, -0.1) is 0 Å². The van der Waals surface area contributed by atoms with E-state index in [1.807, 2.05) is 0 Å². The first-order valence-corrected chi connectivity index (χ1v) is 7.15. The standard InChI is InChI=1S/C14H15ClN2O6/c15-8-3-1-2-4-9(8)17-14(21)12-11(22-7-23-12)13(20)16-6-5-10(18)19/h1-4,11-12H,5-7H2,(H,16,20)(H,17,21)(H,18,19). The lowest BCUT2D eigenvalue weighted by Gasteiger charge is -2.16. The van der Waals surface area contributed by atoms with E-state index in [1.165, 1.54) is 0 Å². The highest BCUT2D eigenvalue weighted by molar-refractivity contribution is 6.33. The molecule has 1 aliphatic heterocycles. The fourth-order valence-corrected chi connectivity index (χ4v) is 2.13. The van der Waals surface area contributed by atoms with Crippen molar-refractivity contribution in [2.45, 2.75) is 18.6 Å². The lowest BCUT2D eigenvalue weighted by Crippen LogP contribution is -2.46. The van der Waals surface area contributed by atoms with Crippen LogP contribution in [0.15, 0.2) is 24.3 Å². The lowest BCUT2D eigenvalue weighted by atomic mass is 10.1. The third kappa shape index (κ3) is 4.65. The number of carbonyl (C=O) groups excluding carboxylic acids is 2. The summed E-state index contributed by atoms with van der Waals surface area (Å²) in [5, 5.41) is 13.8. The fraction of sp³-hybridized carbons (Fsp3) is 0.357. The van der Waals surface area contributed by atoms with E-state index in [-0.39, 0.29) is 19.8 Å². The maximum atomic E-state index is 12.2. The van der Waals surface area contributed by atoms with Gasteiger partial charge in [0.05, 0.1) is 17.1 Å². The molecule has 1 aliphatic rings. The number of carboxylic acid groups (broad SMARTS) is 1. The molecule has 1 aromatic rings. The molecule has 8 nitrogen and oxygen atoms in total. The predicted octanol–water partition coefficient (Wildman–Crippen LogP) is 0.611. The zero-order chi connectivity index (χ0) is 16.8. The van der Waals surface area contributed by atoms with Crippen molar-refractivity contribution in [2.24, 2.45) is 0 Å². The molecule has 0 aromatic heterocycles. The Hall–Kier alpha value is -2.16. The third-order valence-corrected chi connectivity index (χ3v) is 3.39. The number of anilines is 1. The minimum atomic E-state index is -1.15. The quantitative estimate of drug-likeness (QED) is 0.698. The molecule has 1 fully saturated rings. The molecule has 9 heteroatoms. The van der Waals surface area contributed by atoms with Crippen molar-refractivity contribution in [1.29, 1.82) is 0 Å². The number of halogens is 1. The van der Waals surface area contributed by atoms with Crippen LogP contribution >= 0.6 is 11.6 Å². The highest BCUT2D eigenvalue weighted by Crippen LogP contribution is 2.22. The van der Waals surface area contributed by atoms with Crippen molar-refractivity contribution < 1.29 is 29.0 Å². The molecule has 2 unspecified atom stereocenters. The summed E-state index contributed by atoms with van der Waals surface area (Å²) in [6.07, 6.45) is -2.52. The summed E-state index contributed by atoms with van der Waals surface area (Å²) in [6.45, 7) is -0.273. The molecule has 0 spiro atoms. The number of rotatable bonds is 6. The second-order valence-corrected chi connectivity index (χ2v) is 5.10. The normalized spacial score (nSPS) is 20.0. The van der Waals surface area contributed by atoms with Gasteiger partial charge in [-0.2, -0.15) is 0 Å². The van der Waals surface area contributed by atoms with Crippen molar-refractivity contribution >= 4 is 35.1 Å². The number of ether oxygens (including phenoxy) is 2. The third-order valence-electron chi connectivity index (χ3n) is 3.06. The number of amides is 2. The van der Waals surface area contributed by atoms with Crippen LogP contribution < -0.4 is 10.6 Å². The van der Waals surface area contributed by atoms with Gasteiger partial charge in [0.1, 0.15) is 6.79 Å². The molecule has 1 saturated heterocycles. The molecular formula is C14H15ClN2O6. The summed E-state index contributed by atoms with van der Waals surface area (Å²) in [4.78, 5) is 34.6. The average molecular weight is 343 g/mol. The van der Waals surface area contributed by atoms with Crippen molar-refractivity contribution in [3.63, 3.8) is 0 Å². The van der Waals surface area contributed by atoms with E-state index in [9.17, 15) is 14.4 Å². The minimum Gasteiger partial charge on any atom is -0.481 e. The first-order chi connectivity index (χ1) is 11.0. The van der Waals surface area contributed by atoms with Gasteiger partial charge in [0.15, 0.2) is 12.2 Å². The van der Waals surface area contributed by atoms with E-state index in [4.69, 9.17) is 26.2 Å². The Morgan fingerprint density at radius 1 is 1.17 bits per heavy atom. The van der Waals surface area contributed by atoms with Gasteiger partial charge in [-0.3, -0.25) is 14.4 Å². The van der Waals surface area contributed by atoms with Gasteiger partial charge in [0.2, 0.25) is 0 Å². The smallest absolute Gasteiger partial charge is 0.305 e. The Balaban J connectivity index is 1.95. The zero-order valence-corrected chi connectivity index (χ0v) is 12.7. The molecule has 0 bridgehead atoms. The van der Waals surface area contributed by atoms with Gasteiger partial charge in [-0.05, 0) is 12.1 Å². The predicted molar refractivity (Wildman–Crippen MR) is 80.0 cm³/mol. The van der Waals surface area contributed by atoms with Crippen molar-refractivity contribution in [3.8, 4) is 0 Å². The minimum absolute atomic E-state index is 0.0626. The van der Waals surface area contributed by atoms with Gasteiger partial charge in [0.25, 0.3) is 11.8 Å². The van der Waals surface area contributed by atoms with Gasteiger partial charge in [-0.25, -0.2) is 0 Å². The van der Waals surface area contributed by atoms with Crippen molar-refractivity contribution in [3.05, 3.63) is 29.3 Å². The highest BCUT2D eigenvalue weighted by atomic mass is 35.5. The summed E-state index contributed by atoms with van der Waals surface area (Å²) >= 11 is 5.95. The van der Waals surface area contributed by atoms with Crippen LogP contribution in [0.2, 0.25) is 5.02 Å². The maximum Gasteiger partial charge on any atom is 0.305 e. The second kappa shape index (κ2) is 7.91. The van der Waals surface area contributed by atoms with Crippen molar-refractivity contribution in [1.82, 2.24) is 5.32 Å². The molecule has 2 atom stereocenters. The summed E-state index contributed by atoms with van der Waals surface area (Å²) < 4.78 is 10.2. The number of benzene rings is 1. The van der Waals surface area contributed by atoms with Crippen LogP contribution in [0, 0.1) is 0 Å². The molecule has 0 radical (unpaired) electrons. The largest absolute Gasteiger partial charge is 0.481 e. The van der Waals surface area contributed by atoms with Crippen LogP contribution in [0.1, 0.15) is 6.42 Å². The molecular weight excluding hydrogens is 328 g/mol. The Kier molecular flexibility index (Phi) is 5.91. The van der Waals surface area contributed by atoms with Crippen LogP contribution in [0.25, 0.3) is 0 Å². The van der Waals surface area contributed by atoms with Gasteiger partial charge in [-0.1, -0.05) is 23.7 Å². The fourth-order valence-electron chi connectivity index (χ4n) is 1.95. The Morgan fingerprint density at radius 2 is 1.83 bits per heavy atom. The van der Waals surface area contributed by atoms with Gasteiger partial charge < -0.3 is 25.2 Å². The zero-order valence-electron chi connectivity index (χ0n) is 12.0. The summed E-state index contributed by atoms with van der Waals surface area (Å²) in [5.74, 6) is -2.22. The summed E-state index contributed by atoms with van der Waals surface area (Å²) in [5.41, 5.74) is 0.389. The number of carboxylic acids is 1. The molecule has 2 amide bonds. The Labute approximate surface area is 136 Å². The van der Waals surface area contributed by atoms with Gasteiger partial charge >= 0.3 is 5.97 Å². The lowest BCUT2D eigenvalue weighted by molar-refractivity contribution is -0.138. The van der Waals surface area contributed by atoms with E-state index in [1.54, 1.807) is 24.3 Å². The Bertz CT molecular complexity index is 609.